The number of benzene rings is 1. The first-order valence-electron chi connectivity index (χ1n) is 8.87. The Morgan fingerprint density at radius 1 is 1.24 bits per heavy atom. The first-order valence-corrected chi connectivity index (χ1v) is 9.25. The molecule has 0 aliphatic carbocycles. The molecule has 6 nitrogen and oxygen atoms in total. The molecule has 0 aliphatic heterocycles. The quantitative estimate of drug-likeness (QED) is 0.489. The number of aryl methyl sites for hydroxylation is 1. The molecule has 1 atom stereocenters. The van der Waals surface area contributed by atoms with E-state index >= 15 is 0 Å². The predicted molar refractivity (Wildman–Crippen MR) is 111 cm³/mol. The Hall–Kier alpha value is -3.50. The van der Waals surface area contributed by atoms with Crippen LogP contribution < -0.4 is 5.32 Å². The lowest BCUT2D eigenvalue weighted by Gasteiger charge is -2.12. The van der Waals surface area contributed by atoms with E-state index in [0.29, 0.717) is 28.0 Å². The highest BCUT2D eigenvalue weighted by atomic mass is 35.5. The van der Waals surface area contributed by atoms with Gasteiger partial charge < -0.3 is 5.32 Å². The summed E-state index contributed by atoms with van der Waals surface area (Å²) in [5, 5.41) is 17.6. The molecule has 0 amide bonds. The Labute approximate surface area is 171 Å². The molecule has 29 heavy (non-hydrogen) atoms. The lowest BCUT2D eigenvalue weighted by Crippen LogP contribution is -2.02. The summed E-state index contributed by atoms with van der Waals surface area (Å²) in [6.45, 7) is 3.65. The molecule has 3 heterocycles. The number of hydrogen-bond donors (Lipinski definition) is 1. The van der Waals surface area contributed by atoms with Crippen molar-refractivity contribution in [1.82, 2.24) is 19.7 Å². The second-order valence-electron chi connectivity index (χ2n) is 6.67. The van der Waals surface area contributed by atoms with Crippen LogP contribution in [0, 0.1) is 24.1 Å². The zero-order valence-electron chi connectivity index (χ0n) is 15.7. The van der Waals surface area contributed by atoms with Crippen LogP contribution in [0.5, 0.6) is 0 Å². The normalized spacial score (nSPS) is 12.0. The minimum Gasteiger partial charge on any atom is -0.338 e. The average molecular weight is 407 g/mol. The van der Waals surface area contributed by atoms with Crippen LogP contribution >= 0.6 is 11.6 Å². The summed E-state index contributed by atoms with van der Waals surface area (Å²) < 4.78 is 16.5. The first kappa shape index (κ1) is 18.8. The second-order valence-corrected chi connectivity index (χ2v) is 7.05. The molecular formula is C21H16ClFN6. The number of pyridine rings is 2. The van der Waals surface area contributed by atoms with Crippen LogP contribution in [0.2, 0.25) is 5.02 Å². The van der Waals surface area contributed by atoms with E-state index in [4.69, 9.17) is 16.9 Å². The van der Waals surface area contributed by atoms with E-state index in [0.717, 1.165) is 10.9 Å². The molecule has 8 heteroatoms. The van der Waals surface area contributed by atoms with Crippen molar-refractivity contribution in [2.24, 2.45) is 0 Å². The van der Waals surface area contributed by atoms with Gasteiger partial charge in [-0.2, -0.15) is 10.4 Å². The molecule has 1 N–H and O–H groups in total. The Kier molecular flexibility index (Phi) is 4.87. The molecule has 3 aromatic heterocycles. The average Bonchev–Trinajstić information content (AvgIpc) is 3.19. The second kappa shape index (κ2) is 7.49. The van der Waals surface area contributed by atoms with Gasteiger partial charge in [-0.3, -0.25) is 9.67 Å². The van der Waals surface area contributed by atoms with Crippen molar-refractivity contribution in [3.8, 4) is 17.2 Å². The monoisotopic (exact) mass is 406 g/mol. The first-order chi connectivity index (χ1) is 14.0. The molecule has 0 spiro atoms. The van der Waals surface area contributed by atoms with Gasteiger partial charge in [0.2, 0.25) is 0 Å². The molecule has 4 rings (SSSR count). The maximum atomic E-state index is 14.9. The Balaban J connectivity index is 1.75. The van der Waals surface area contributed by atoms with Crippen LogP contribution in [0.15, 0.2) is 49.2 Å². The molecule has 0 saturated carbocycles. The lowest BCUT2D eigenvalue weighted by molar-refractivity contribution is 0.591. The van der Waals surface area contributed by atoms with Crippen LogP contribution in [-0.2, 0) is 0 Å². The van der Waals surface area contributed by atoms with Crippen LogP contribution in [0.25, 0.3) is 21.9 Å². The van der Waals surface area contributed by atoms with Gasteiger partial charge in [-0.25, -0.2) is 9.37 Å². The predicted octanol–water partition coefficient (Wildman–Crippen LogP) is 5.42. The van der Waals surface area contributed by atoms with Crippen LogP contribution in [0.3, 0.4) is 0 Å². The van der Waals surface area contributed by atoms with E-state index in [-0.39, 0.29) is 11.1 Å². The largest absolute Gasteiger partial charge is 0.338 e. The number of nitrogens with one attached hydrogen (secondary N) is 1. The third-order valence-corrected chi connectivity index (χ3v) is 5.06. The molecule has 1 aromatic carbocycles. The number of hydrogen-bond acceptors (Lipinski definition) is 5. The number of nitrogens with zero attached hydrogens (tertiary/aromatic N) is 5. The van der Waals surface area contributed by atoms with Gasteiger partial charge >= 0.3 is 0 Å². The molecule has 144 valence electrons. The summed E-state index contributed by atoms with van der Waals surface area (Å²) in [7, 11) is 0. The Bertz CT molecular complexity index is 1260. The number of fused-ring (bicyclic) bond motifs is 1. The molecule has 0 saturated heterocycles. The van der Waals surface area contributed by atoms with Crippen molar-refractivity contribution >= 4 is 33.9 Å². The Morgan fingerprint density at radius 2 is 2.07 bits per heavy atom. The third-order valence-electron chi connectivity index (χ3n) is 4.69. The number of anilines is 2. The fraction of sp³-hybridized carbons (Fsp3) is 0.143. The summed E-state index contributed by atoms with van der Waals surface area (Å²) in [6, 6.07) is 7.11. The highest BCUT2D eigenvalue weighted by molar-refractivity contribution is 6.36. The molecule has 0 bridgehead atoms. The van der Waals surface area contributed by atoms with Crippen molar-refractivity contribution in [3.05, 3.63) is 65.6 Å². The van der Waals surface area contributed by atoms with E-state index in [1.165, 1.54) is 6.20 Å². The van der Waals surface area contributed by atoms with Gasteiger partial charge in [0.05, 0.1) is 23.0 Å². The van der Waals surface area contributed by atoms with E-state index in [2.05, 4.69) is 26.5 Å². The van der Waals surface area contributed by atoms with Gasteiger partial charge in [-0.05, 0) is 43.0 Å². The Morgan fingerprint density at radius 3 is 2.83 bits per heavy atom. The summed E-state index contributed by atoms with van der Waals surface area (Å²) in [5.41, 5.74) is 2.67. The third kappa shape index (κ3) is 3.50. The van der Waals surface area contributed by atoms with Crippen LogP contribution in [0.1, 0.15) is 18.5 Å². The lowest BCUT2D eigenvalue weighted by atomic mass is 9.99. The molecule has 0 radical (unpaired) electrons. The van der Waals surface area contributed by atoms with Crippen molar-refractivity contribution in [2.45, 2.75) is 19.9 Å². The zero-order chi connectivity index (χ0) is 20.5. The summed E-state index contributed by atoms with van der Waals surface area (Å²) in [4.78, 5) is 8.42. The van der Waals surface area contributed by atoms with Crippen LogP contribution in [-0.4, -0.2) is 19.7 Å². The number of rotatable bonds is 4. The van der Waals surface area contributed by atoms with Crippen LogP contribution in [0.4, 0.5) is 15.9 Å². The highest BCUT2D eigenvalue weighted by Gasteiger charge is 2.16. The number of aromatic nitrogens is 4. The minimum absolute atomic E-state index is 0.0236. The molecular weight excluding hydrogens is 391 g/mol. The van der Waals surface area contributed by atoms with Gasteiger partial charge in [0, 0.05) is 41.3 Å². The maximum Gasteiger partial charge on any atom is 0.150 e. The number of nitriles is 1. The van der Waals surface area contributed by atoms with E-state index < -0.39 is 5.82 Å². The van der Waals surface area contributed by atoms with Crippen molar-refractivity contribution < 1.29 is 4.39 Å². The summed E-state index contributed by atoms with van der Waals surface area (Å²) in [5.74, 6) is 0.0581. The molecule has 0 fully saturated rings. The van der Waals surface area contributed by atoms with Crippen molar-refractivity contribution in [2.75, 3.05) is 5.32 Å². The highest BCUT2D eigenvalue weighted by Crippen LogP contribution is 2.36. The number of halogens is 2. The zero-order valence-corrected chi connectivity index (χ0v) is 16.4. The molecule has 1 unspecified atom stereocenters. The molecule has 4 aromatic rings. The fourth-order valence-electron chi connectivity index (χ4n) is 3.06. The maximum absolute atomic E-state index is 14.9. The summed E-state index contributed by atoms with van der Waals surface area (Å²) in [6.07, 6.45) is 8.16. The van der Waals surface area contributed by atoms with Gasteiger partial charge in [-0.1, -0.05) is 11.6 Å². The van der Waals surface area contributed by atoms with Gasteiger partial charge in [0.1, 0.15) is 17.7 Å². The van der Waals surface area contributed by atoms with Gasteiger partial charge in [0.15, 0.2) is 0 Å². The summed E-state index contributed by atoms with van der Waals surface area (Å²) >= 11 is 6.30. The molecule has 0 aliphatic rings. The topological polar surface area (TPSA) is 79.4 Å². The minimum atomic E-state index is -0.496. The van der Waals surface area contributed by atoms with Crippen molar-refractivity contribution in [3.63, 3.8) is 0 Å². The van der Waals surface area contributed by atoms with E-state index in [9.17, 15) is 4.39 Å². The van der Waals surface area contributed by atoms with Crippen molar-refractivity contribution in [1.29, 1.82) is 5.26 Å². The van der Waals surface area contributed by atoms with Gasteiger partial charge in [-0.15, -0.1) is 0 Å². The van der Waals surface area contributed by atoms with E-state index in [1.54, 1.807) is 48.5 Å². The fourth-order valence-corrected chi connectivity index (χ4v) is 3.32. The van der Waals surface area contributed by atoms with Gasteiger partial charge in [0.25, 0.3) is 0 Å². The van der Waals surface area contributed by atoms with E-state index in [1.807, 2.05) is 13.0 Å². The smallest absolute Gasteiger partial charge is 0.150 e. The SMILES string of the molecule is Cc1ccncc1-c1cc2cc(Nc3cnn(C(C)C#N)c3)ncc2c(Cl)c1F. The standard InChI is InChI=1S/C21H16ClFN6/c1-12-3-4-25-9-17(12)16-5-14-6-19(26-10-18(14)20(22)21(16)23)28-15-8-27-29(11-15)13(2)7-24/h3-6,8-11,13H,1-2H3,(H,26,28).